The minimum atomic E-state index is -0.193. The lowest BCUT2D eigenvalue weighted by atomic mass is 10.0. The third-order valence-electron chi connectivity index (χ3n) is 4.91. The van der Waals surface area contributed by atoms with E-state index in [1.54, 1.807) is 0 Å². The Morgan fingerprint density at radius 1 is 1.14 bits per heavy atom. The van der Waals surface area contributed by atoms with E-state index >= 15 is 0 Å². The summed E-state index contributed by atoms with van der Waals surface area (Å²) >= 11 is 0. The molecule has 0 spiro atoms. The first kappa shape index (κ1) is 20.8. The van der Waals surface area contributed by atoms with Crippen molar-refractivity contribution in [2.45, 2.75) is 13.0 Å². The molecule has 0 radical (unpaired) electrons. The summed E-state index contributed by atoms with van der Waals surface area (Å²) in [6.07, 6.45) is 1.27. The summed E-state index contributed by atoms with van der Waals surface area (Å²) in [5, 5.41) is 5.83. The first-order chi connectivity index (χ1) is 14.0. The zero-order valence-corrected chi connectivity index (χ0v) is 16.7. The van der Waals surface area contributed by atoms with Gasteiger partial charge in [0.1, 0.15) is 0 Å². The van der Waals surface area contributed by atoms with Crippen LogP contribution in [0.15, 0.2) is 61.2 Å². The summed E-state index contributed by atoms with van der Waals surface area (Å²) in [6, 6.07) is 15.7. The standard InChI is InChI=1S/C23H27N3O3/c1-3-22(27)24-17(2)18-7-9-19(10-8-18)20-5-4-6-21(15-20)25-23(28)16-26-11-13-29-14-12-26/h3-10,15,17H,1,11-14,16H2,2H3,(H,24,27)(H,25,28)/t17-/m1/s1. The molecule has 1 saturated heterocycles. The maximum Gasteiger partial charge on any atom is 0.243 e. The summed E-state index contributed by atoms with van der Waals surface area (Å²) in [5.41, 5.74) is 3.85. The zero-order chi connectivity index (χ0) is 20.6. The lowest BCUT2D eigenvalue weighted by Crippen LogP contribution is -2.41. The van der Waals surface area contributed by atoms with Gasteiger partial charge in [0.15, 0.2) is 0 Å². The van der Waals surface area contributed by atoms with Gasteiger partial charge in [0.25, 0.3) is 0 Å². The zero-order valence-electron chi connectivity index (χ0n) is 16.7. The molecule has 0 saturated carbocycles. The Bertz CT molecular complexity index is 858. The van der Waals surface area contributed by atoms with E-state index in [1.165, 1.54) is 6.08 Å². The molecule has 3 rings (SSSR count). The van der Waals surface area contributed by atoms with E-state index in [0.29, 0.717) is 19.8 Å². The number of anilines is 1. The number of nitrogens with one attached hydrogen (secondary N) is 2. The molecule has 1 aliphatic heterocycles. The molecule has 1 aliphatic rings. The van der Waals surface area contributed by atoms with Crippen LogP contribution in [-0.2, 0) is 14.3 Å². The Labute approximate surface area is 171 Å². The predicted molar refractivity (Wildman–Crippen MR) is 115 cm³/mol. The van der Waals surface area contributed by atoms with Crippen LogP contribution in [0.5, 0.6) is 0 Å². The minimum absolute atomic E-state index is 0.0221. The number of rotatable bonds is 7. The van der Waals surface area contributed by atoms with Crippen LogP contribution in [0.1, 0.15) is 18.5 Å². The molecule has 1 fully saturated rings. The number of morpholine rings is 1. The predicted octanol–water partition coefficient (Wildman–Crippen LogP) is 2.99. The lowest BCUT2D eigenvalue weighted by molar-refractivity contribution is -0.118. The highest BCUT2D eigenvalue weighted by atomic mass is 16.5. The molecule has 29 heavy (non-hydrogen) atoms. The van der Waals surface area contributed by atoms with Gasteiger partial charge in [-0.3, -0.25) is 14.5 Å². The van der Waals surface area contributed by atoms with E-state index in [-0.39, 0.29) is 17.9 Å². The number of benzene rings is 2. The Morgan fingerprint density at radius 2 is 1.86 bits per heavy atom. The molecule has 0 unspecified atom stereocenters. The maximum absolute atomic E-state index is 12.3. The van der Waals surface area contributed by atoms with Gasteiger partial charge in [0.05, 0.1) is 25.8 Å². The summed E-state index contributed by atoms with van der Waals surface area (Å²) in [7, 11) is 0. The normalized spacial score (nSPS) is 15.3. The van der Waals surface area contributed by atoms with Crippen molar-refractivity contribution in [3.05, 3.63) is 66.7 Å². The highest BCUT2D eigenvalue weighted by Gasteiger charge is 2.14. The first-order valence-electron chi connectivity index (χ1n) is 9.78. The van der Waals surface area contributed by atoms with Gasteiger partial charge in [-0.1, -0.05) is 43.0 Å². The lowest BCUT2D eigenvalue weighted by Gasteiger charge is -2.25. The number of carbonyl (C=O) groups excluding carboxylic acids is 2. The molecule has 6 heteroatoms. The van der Waals surface area contributed by atoms with Crippen molar-refractivity contribution in [2.24, 2.45) is 0 Å². The van der Waals surface area contributed by atoms with E-state index in [1.807, 2.05) is 55.5 Å². The number of carbonyl (C=O) groups is 2. The van der Waals surface area contributed by atoms with E-state index in [0.717, 1.165) is 35.5 Å². The molecule has 152 valence electrons. The minimum Gasteiger partial charge on any atom is -0.379 e. The van der Waals surface area contributed by atoms with E-state index in [9.17, 15) is 9.59 Å². The third-order valence-corrected chi connectivity index (χ3v) is 4.91. The summed E-state index contributed by atoms with van der Waals surface area (Å²) in [4.78, 5) is 25.9. The number of hydrogen-bond donors (Lipinski definition) is 2. The number of hydrogen-bond acceptors (Lipinski definition) is 4. The SMILES string of the molecule is C=CC(=O)N[C@H](C)c1ccc(-c2cccc(NC(=O)CN3CCOCC3)c2)cc1. The van der Waals surface area contributed by atoms with Crippen molar-refractivity contribution in [3.63, 3.8) is 0 Å². The molecular formula is C23H27N3O3. The monoisotopic (exact) mass is 393 g/mol. The Hall–Kier alpha value is -2.96. The van der Waals surface area contributed by atoms with Crippen molar-refractivity contribution in [3.8, 4) is 11.1 Å². The molecule has 2 aromatic carbocycles. The topological polar surface area (TPSA) is 70.7 Å². The molecule has 6 nitrogen and oxygen atoms in total. The van der Waals surface area contributed by atoms with Crippen LogP contribution in [0.2, 0.25) is 0 Å². The van der Waals surface area contributed by atoms with E-state index < -0.39 is 0 Å². The average molecular weight is 393 g/mol. The van der Waals surface area contributed by atoms with Gasteiger partial charge < -0.3 is 15.4 Å². The second-order valence-corrected chi connectivity index (χ2v) is 7.07. The first-order valence-corrected chi connectivity index (χ1v) is 9.78. The van der Waals surface area contributed by atoms with Crippen LogP contribution in [0.4, 0.5) is 5.69 Å². The molecule has 1 atom stereocenters. The van der Waals surface area contributed by atoms with Crippen molar-refractivity contribution in [2.75, 3.05) is 38.2 Å². The van der Waals surface area contributed by atoms with Crippen LogP contribution in [0, 0.1) is 0 Å². The van der Waals surface area contributed by atoms with Crippen LogP contribution < -0.4 is 10.6 Å². The average Bonchev–Trinajstić information content (AvgIpc) is 2.74. The van der Waals surface area contributed by atoms with Gasteiger partial charge in [0, 0.05) is 18.8 Å². The molecule has 0 aromatic heterocycles. The maximum atomic E-state index is 12.3. The number of nitrogens with zero attached hydrogens (tertiary/aromatic N) is 1. The Balaban J connectivity index is 1.63. The van der Waals surface area contributed by atoms with Gasteiger partial charge >= 0.3 is 0 Å². The summed E-state index contributed by atoms with van der Waals surface area (Å²) in [5.74, 6) is -0.215. The van der Waals surface area contributed by atoms with Crippen molar-refractivity contribution >= 4 is 17.5 Å². The molecule has 0 aliphatic carbocycles. The van der Waals surface area contributed by atoms with Crippen LogP contribution >= 0.6 is 0 Å². The van der Waals surface area contributed by atoms with Crippen LogP contribution in [0.3, 0.4) is 0 Å². The van der Waals surface area contributed by atoms with E-state index in [4.69, 9.17) is 4.74 Å². The second kappa shape index (κ2) is 10.0. The Morgan fingerprint density at radius 3 is 2.55 bits per heavy atom. The van der Waals surface area contributed by atoms with Gasteiger partial charge in [-0.2, -0.15) is 0 Å². The fourth-order valence-corrected chi connectivity index (χ4v) is 3.26. The Kier molecular flexibility index (Phi) is 7.16. The van der Waals surface area contributed by atoms with Crippen molar-refractivity contribution in [1.29, 1.82) is 0 Å². The highest BCUT2D eigenvalue weighted by molar-refractivity contribution is 5.93. The quantitative estimate of drug-likeness (QED) is 0.710. The van der Waals surface area contributed by atoms with Gasteiger partial charge in [-0.05, 0) is 41.8 Å². The third kappa shape index (κ3) is 6.01. The fraction of sp³-hybridized carbons (Fsp3) is 0.304. The molecular weight excluding hydrogens is 366 g/mol. The molecule has 2 N–H and O–H groups in total. The number of amides is 2. The van der Waals surface area contributed by atoms with Crippen LogP contribution in [0.25, 0.3) is 11.1 Å². The largest absolute Gasteiger partial charge is 0.379 e. The summed E-state index contributed by atoms with van der Waals surface area (Å²) in [6.45, 7) is 8.69. The van der Waals surface area contributed by atoms with Crippen molar-refractivity contribution in [1.82, 2.24) is 10.2 Å². The molecule has 2 amide bonds. The van der Waals surface area contributed by atoms with Crippen molar-refractivity contribution < 1.29 is 14.3 Å². The molecule has 0 bridgehead atoms. The fourth-order valence-electron chi connectivity index (χ4n) is 3.26. The van der Waals surface area contributed by atoms with Gasteiger partial charge in [0.2, 0.25) is 11.8 Å². The van der Waals surface area contributed by atoms with Gasteiger partial charge in [-0.25, -0.2) is 0 Å². The second-order valence-electron chi connectivity index (χ2n) is 7.07. The summed E-state index contributed by atoms with van der Waals surface area (Å²) < 4.78 is 5.31. The van der Waals surface area contributed by atoms with E-state index in [2.05, 4.69) is 22.1 Å². The highest BCUT2D eigenvalue weighted by Crippen LogP contribution is 2.24. The van der Waals surface area contributed by atoms with Crippen LogP contribution in [-0.4, -0.2) is 49.6 Å². The molecule has 2 aromatic rings. The smallest absolute Gasteiger partial charge is 0.243 e. The van der Waals surface area contributed by atoms with Gasteiger partial charge in [-0.15, -0.1) is 0 Å². The number of ether oxygens (including phenoxy) is 1. The molecule has 1 heterocycles.